The zero-order valence-electron chi connectivity index (χ0n) is 9.03. The van der Waals surface area contributed by atoms with Crippen molar-refractivity contribution in [3.8, 4) is 0 Å². The summed E-state index contributed by atoms with van der Waals surface area (Å²) in [5, 5.41) is 0. The molecule has 0 aliphatic rings. The summed E-state index contributed by atoms with van der Waals surface area (Å²) < 4.78 is 51.2. The molecule has 0 bridgehead atoms. The van der Waals surface area contributed by atoms with E-state index >= 15 is 0 Å². The van der Waals surface area contributed by atoms with Crippen LogP contribution in [0.25, 0.3) is 0 Å². The first-order chi connectivity index (χ1) is 6.00. The maximum absolute atomic E-state index is 8.55. The van der Waals surface area contributed by atoms with Crippen LogP contribution >= 0.6 is 15.6 Å². The summed E-state index contributed by atoms with van der Waals surface area (Å²) in [6.45, 7) is 0. The third-order valence-electron chi connectivity index (χ3n) is 0. The van der Waals surface area contributed by atoms with Crippen molar-refractivity contribution in [1.29, 1.82) is 0 Å². The van der Waals surface area contributed by atoms with Gasteiger partial charge in [0.15, 0.2) is 0 Å². The van der Waals surface area contributed by atoms with Gasteiger partial charge < -0.3 is 47.6 Å². The SMILES string of the molecule is O=P([O-])([O-])[O-].O=P([O-])([O-])[O-].O=S(=O)([O-])[O-].[Ca+2].[Zn+2].[Zn+2].[Zn+2]. The Morgan fingerprint density at radius 2 is 0.632 bits per heavy atom. The van der Waals surface area contributed by atoms with Crippen molar-refractivity contribution in [3.05, 3.63) is 0 Å². The molecule has 0 aromatic rings. The molecule has 0 aromatic carbocycles. The fourth-order valence-electron chi connectivity index (χ4n) is 0. The molecule has 0 aliphatic heterocycles. The van der Waals surface area contributed by atoms with Crippen molar-refractivity contribution in [1.82, 2.24) is 0 Å². The standard InChI is InChI=1S/Ca.2H3O4P.H2O4S.3Zn/c;3*1-5(2,3)4;;;/h;2*(H3,1,2,3,4);(H2,1,2,3,4);;;/q+2;;;;3*+2/p-8. The first kappa shape index (κ1) is 43.2. The van der Waals surface area contributed by atoms with Crippen LogP contribution in [0.3, 0.4) is 0 Å². The Labute approximate surface area is 176 Å². The van der Waals surface area contributed by atoms with Crippen LogP contribution in [0, 0.1) is 0 Å². The molecule has 0 N–H and O–H groups in total. The summed E-state index contributed by atoms with van der Waals surface area (Å²) in [4.78, 5) is 51.3. The molecule has 0 heterocycles. The second kappa shape index (κ2) is 19.3. The van der Waals surface area contributed by atoms with E-state index in [1.807, 2.05) is 0 Å². The zero-order valence-corrected chi connectivity index (χ0v) is 22.7. The molecule has 19 heteroatoms. The fraction of sp³-hybridized carbons (Fsp3) is 0. The van der Waals surface area contributed by atoms with E-state index in [1.165, 1.54) is 0 Å². The molecule has 0 unspecified atom stereocenters. The van der Waals surface area contributed by atoms with Crippen LogP contribution < -0.4 is 29.4 Å². The average Bonchev–Trinajstić information content (AvgIpc) is 1.41. The molecule has 19 heavy (non-hydrogen) atoms. The first-order valence-corrected chi connectivity index (χ1v) is 6.38. The topological polar surface area (TPSA) is 253 Å². The summed E-state index contributed by atoms with van der Waals surface area (Å²) in [6.07, 6.45) is 0. The molecule has 0 aromatic heterocycles. The number of rotatable bonds is 0. The van der Waals surface area contributed by atoms with Crippen molar-refractivity contribution < 1.29 is 114 Å². The van der Waals surface area contributed by atoms with Gasteiger partial charge in [0.05, 0.1) is 0 Å². The van der Waals surface area contributed by atoms with Crippen LogP contribution in [0.5, 0.6) is 0 Å². The van der Waals surface area contributed by atoms with E-state index in [1.54, 1.807) is 0 Å². The molecular weight excluding hydrogens is 522 g/mol. The van der Waals surface area contributed by atoms with E-state index in [9.17, 15) is 0 Å². The molecule has 12 nitrogen and oxygen atoms in total. The second-order valence-corrected chi connectivity index (χ2v) is 3.91. The molecule has 0 aliphatic carbocycles. The minimum absolute atomic E-state index is 0. The Balaban J connectivity index is -0.0000000206. The Hall–Kier alpha value is 3.22. The van der Waals surface area contributed by atoms with Crippen molar-refractivity contribution in [2.45, 2.75) is 0 Å². The van der Waals surface area contributed by atoms with Gasteiger partial charge in [0.1, 0.15) is 0 Å². The van der Waals surface area contributed by atoms with E-state index in [-0.39, 0.29) is 96.2 Å². The predicted octanol–water partition coefficient (Wildman–Crippen LogP) is -7.38. The Kier molecular flexibility index (Phi) is 43.8. The molecule has 0 saturated carbocycles. The van der Waals surface area contributed by atoms with E-state index in [2.05, 4.69) is 0 Å². The zero-order chi connectivity index (χ0) is 13.5. The third-order valence-corrected chi connectivity index (χ3v) is 0. The van der Waals surface area contributed by atoms with Crippen molar-refractivity contribution in [2.75, 3.05) is 0 Å². The monoisotopic (exact) mass is 518 g/mol. The maximum atomic E-state index is 8.55. The summed E-state index contributed by atoms with van der Waals surface area (Å²) in [5.41, 5.74) is 0. The van der Waals surface area contributed by atoms with Gasteiger partial charge in [-0.15, -0.1) is 0 Å². The smallest absolute Gasteiger partial charge is 0.822 e. The molecule has 0 radical (unpaired) electrons. The Morgan fingerprint density at radius 3 is 0.632 bits per heavy atom. The minimum Gasteiger partial charge on any atom is -0.822 e. The predicted molar refractivity (Wildman–Crippen MR) is 31.4 cm³/mol. The quantitative estimate of drug-likeness (QED) is 0.124. The summed E-state index contributed by atoms with van der Waals surface area (Å²) >= 11 is 0. The normalized spacial score (nSPS) is 9.26. The largest absolute Gasteiger partial charge is 2.00 e. The van der Waals surface area contributed by atoms with Gasteiger partial charge in [0, 0.05) is 10.4 Å². The van der Waals surface area contributed by atoms with Crippen LogP contribution in [0.1, 0.15) is 0 Å². The summed E-state index contributed by atoms with van der Waals surface area (Å²) in [7, 11) is -15.9. The van der Waals surface area contributed by atoms with Gasteiger partial charge in [-0.05, 0) is 0 Å². The molecule has 0 saturated heterocycles. The molecule has 0 amide bonds. The number of hydrogen-bond acceptors (Lipinski definition) is 12. The van der Waals surface area contributed by atoms with E-state index in [0.29, 0.717) is 0 Å². The van der Waals surface area contributed by atoms with Crippen LogP contribution in [0.4, 0.5) is 0 Å². The van der Waals surface area contributed by atoms with Crippen LogP contribution in [0.15, 0.2) is 0 Å². The van der Waals surface area contributed by atoms with Crippen LogP contribution in [0.2, 0.25) is 0 Å². The third kappa shape index (κ3) is 756. The Morgan fingerprint density at radius 1 is 0.632 bits per heavy atom. The molecule has 96 valence electrons. The molecule has 0 rings (SSSR count). The average molecular weight is 522 g/mol. The Bertz CT molecular complexity index is 295. The molecule has 0 fully saturated rings. The number of hydrogen-bond donors (Lipinski definition) is 0. The van der Waals surface area contributed by atoms with Gasteiger partial charge in [-0.2, -0.15) is 15.6 Å². The maximum Gasteiger partial charge on any atom is 2.00 e. The first-order valence-electron chi connectivity index (χ1n) is 2.13. The van der Waals surface area contributed by atoms with Gasteiger partial charge in [0.2, 0.25) is 0 Å². The minimum atomic E-state index is -5.39. The van der Waals surface area contributed by atoms with Gasteiger partial charge in [-0.1, -0.05) is 0 Å². The molecule has 0 atom stereocenters. The molecule has 0 spiro atoms. The van der Waals surface area contributed by atoms with Gasteiger partial charge in [0.25, 0.3) is 0 Å². The molecular formula is CaO12P2SZn3. The van der Waals surface area contributed by atoms with Crippen LogP contribution in [-0.4, -0.2) is 55.3 Å². The van der Waals surface area contributed by atoms with E-state index in [0.717, 1.165) is 0 Å². The fourth-order valence-corrected chi connectivity index (χ4v) is 0. The van der Waals surface area contributed by atoms with Crippen LogP contribution in [-0.2, 0) is 78.0 Å². The van der Waals surface area contributed by atoms with E-state index in [4.69, 9.17) is 56.0 Å². The second-order valence-electron chi connectivity index (χ2n) is 1.30. The van der Waals surface area contributed by atoms with E-state index < -0.39 is 26.0 Å². The summed E-state index contributed by atoms with van der Waals surface area (Å²) in [5.74, 6) is 0. The number of phosphoric acid groups is 2. The van der Waals surface area contributed by atoms with Gasteiger partial charge in [-0.25, -0.2) is 0 Å². The summed E-state index contributed by atoms with van der Waals surface area (Å²) in [6, 6.07) is 0. The van der Waals surface area contributed by atoms with Crippen molar-refractivity contribution in [3.63, 3.8) is 0 Å². The van der Waals surface area contributed by atoms with Gasteiger partial charge >= 0.3 is 96.2 Å². The van der Waals surface area contributed by atoms with Gasteiger partial charge in [-0.3, -0.25) is 8.42 Å². The van der Waals surface area contributed by atoms with Crippen molar-refractivity contribution >= 4 is 63.8 Å². The van der Waals surface area contributed by atoms with Crippen molar-refractivity contribution in [2.24, 2.45) is 0 Å².